The molecule has 0 aromatic heterocycles. The Kier molecular flexibility index (Phi) is 4.75. The Morgan fingerprint density at radius 1 is 1.13 bits per heavy atom. The van der Waals surface area contributed by atoms with Gasteiger partial charge >= 0.3 is 11.9 Å². The minimum absolute atomic E-state index is 0.0210. The van der Waals surface area contributed by atoms with Gasteiger partial charge in [-0.25, -0.2) is 0 Å². The number of ether oxygens (including phenoxy) is 2. The topological polar surface area (TPSA) is 89.9 Å². The third-order valence-electron chi connectivity index (χ3n) is 9.51. The van der Waals surface area contributed by atoms with Gasteiger partial charge in [-0.15, -0.1) is 0 Å². The fourth-order valence-electron chi connectivity index (χ4n) is 7.66. The molecule has 0 unspecified atom stereocenters. The smallest absolute Gasteiger partial charge is 0.302 e. The number of carbonyl (C=O) groups is 3. The minimum Gasteiger partial charge on any atom is -0.465 e. The van der Waals surface area contributed by atoms with Gasteiger partial charge in [0.25, 0.3) is 0 Å². The van der Waals surface area contributed by atoms with Gasteiger partial charge in [0, 0.05) is 37.0 Å². The number of Topliss-reactive ketones (excluding diaryl/α,β-unsaturated/α-hetero) is 1. The third-order valence-corrected chi connectivity index (χ3v) is 9.51. The first-order valence-corrected chi connectivity index (χ1v) is 11.3. The Bertz CT molecular complexity index is 793. The molecule has 0 aromatic carbocycles. The Morgan fingerprint density at radius 3 is 2.40 bits per heavy atom. The molecule has 0 aliphatic heterocycles. The average Bonchev–Trinajstić information content (AvgIpc) is 3.25. The molecular formula is C24H36O6. The number of fused-ring (bicyclic) bond motifs is 5. The molecule has 0 bridgehead atoms. The molecule has 4 fully saturated rings. The molecule has 30 heavy (non-hydrogen) atoms. The summed E-state index contributed by atoms with van der Waals surface area (Å²) in [6.45, 7) is 11.3. The highest BCUT2D eigenvalue weighted by molar-refractivity contribution is 5.89. The molecule has 6 nitrogen and oxygen atoms in total. The first-order chi connectivity index (χ1) is 13.8. The van der Waals surface area contributed by atoms with Gasteiger partial charge in [0.2, 0.25) is 0 Å². The number of carbonyl (C=O) groups excluding carboxylic acids is 3. The van der Waals surface area contributed by atoms with Gasteiger partial charge in [0.15, 0.2) is 0 Å². The third kappa shape index (κ3) is 2.89. The van der Waals surface area contributed by atoms with E-state index in [1.165, 1.54) is 13.8 Å². The summed E-state index contributed by atoms with van der Waals surface area (Å²) in [5.74, 6) is -0.311. The summed E-state index contributed by atoms with van der Waals surface area (Å²) >= 11 is 0. The van der Waals surface area contributed by atoms with E-state index in [0.29, 0.717) is 19.3 Å². The summed E-state index contributed by atoms with van der Waals surface area (Å²) in [6, 6.07) is 0. The maximum Gasteiger partial charge on any atom is 0.302 e. The van der Waals surface area contributed by atoms with Crippen LogP contribution in [0.4, 0.5) is 0 Å². The molecular weight excluding hydrogens is 384 g/mol. The molecule has 4 rings (SSSR count). The zero-order chi connectivity index (χ0) is 22.3. The Labute approximate surface area is 179 Å². The monoisotopic (exact) mass is 420 g/mol. The second kappa shape index (κ2) is 6.54. The van der Waals surface area contributed by atoms with Crippen LogP contribution in [-0.2, 0) is 23.9 Å². The van der Waals surface area contributed by atoms with Crippen molar-refractivity contribution in [2.45, 2.75) is 85.4 Å². The largest absolute Gasteiger partial charge is 0.465 e. The highest BCUT2D eigenvalue weighted by Crippen LogP contribution is 2.76. The lowest BCUT2D eigenvalue weighted by molar-refractivity contribution is -0.213. The van der Waals surface area contributed by atoms with Crippen LogP contribution in [0.1, 0.15) is 73.6 Å². The zero-order valence-electron chi connectivity index (χ0n) is 19.1. The summed E-state index contributed by atoms with van der Waals surface area (Å²) in [5, 5.41) is 12.1. The molecule has 4 saturated carbocycles. The molecule has 0 amide bonds. The van der Waals surface area contributed by atoms with Crippen molar-refractivity contribution < 1.29 is 29.0 Å². The SMILES string of the molecule is CC(=O)OC[C@H](C)[C@@]1(O)CC[C@]2(C)C[C@H](OC(C)=O)[C@@]3(C)CC(=O)[C@@]4(C)C[C@H]4[C@@H]3[C@H]21. The van der Waals surface area contributed by atoms with Crippen molar-refractivity contribution in [3.63, 3.8) is 0 Å². The van der Waals surface area contributed by atoms with Crippen molar-refractivity contribution in [1.29, 1.82) is 0 Å². The predicted molar refractivity (Wildman–Crippen MR) is 109 cm³/mol. The maximum atomic E-state index is 13.0. The van der Waals surface area contributed by atoms with Gasteiger partial charge in [-0.05, 0) is 48.9 Å². The Balaban J connectivity index is 1.76. The van der Waals surface area contributed by atoms with E-state index in [1.54, 1.807) is 0 Å². The fraction of sp³-hybridized carbons (Fsp3) is 0.875. The fourth-order valence-corrected chi connectivity index (χ4v) is 7.66. The van der Waals surface area contributed by atoms with E-state index in [1.807, 2.05) is 6.92 Å². The van der Waals surface area contributed by atoms with Crippen LogP contribution in [0.3, 0.4) is 0 Å². The maximum absolute atomic E-state index is 13.0. The second-order valence-corrected chi connectivity index (χ2v) is 11.5. The van der Waals surface area contributed by atoms with Gasteiger partial charge in [0.1, 0.15) is 11.9 Å². The van der Waals surface area contributed by atoms with Gasteiger partial charge < -0.3 is 14.6 Å². The number of aliphatic hydroxyl groups is 1. The van der Waals surface area contributed by atoms with E-state index in [2.05, 4.69) is 20.8 Å². The van der Waals surface area contributed by atoms with E-state index in [-0.39, 0.29) is 64.9 Å². The number of hydrogen-bond acceptors (Lipinski definition) is 6. The molecule has 0 heterocycles. The summed E-state index contributed by atoms with van der Waals surface area (Å²) in [5.41, 5.74) is -1.95. The highest BCUT2D eigenvalue weighted by Gasteiger charge is 2.76. The Hall–Kier alpha value is -1.43. The number of hydrogen-bond donors (Lipinski definition) is 1. The molecule has 9 atom stereocenters. The minimum atomic E-state index is -0.971. The molecule has 6 heteroatoms. The Morgan fingerprint density at radius 2 is 1.80 bits per heavy atom. The molecule has 0 saturated heterocycles. The summed E-state index contributed by atoms with van der Waals surface area (Å²) in [4.78, 5) is 36.4. The van der Waals surface area contributed by atoms with Gasteiger partial charge in [-0.3, -0.25) is 14.4 Å². The lowest BCUT2D eigenvalue weighted by atomic mass is 9.45. The first-order valence-electron chi connectivity index (χ1n) is 11.3. The quantitative estimate of drug-likeness (QED) is 0.702. The van der Waals surface area contributed by atoms with Crippen LogP contribution in [0, 0.1) is 39.9 Å². The van der Waals surface area contributed by atoms with Gasteiger partial charge in [-0.1, -0.05) is 27.7 Å². The molecule has 0 aromatic rings. The number of ketones is 1. The normalized spacial score (nSPS) is 50.0. The standard InChI is InChI=1S/C24H36O6/c1-13(12-29-14(2)25)24(28)8-7-21(4)11-18(30-15(3)26)23(6)10-17(27)22(5)9-16(22)19(23)20(21)24/h13,16,18-20,28H,7-12H2,1-6H3/t13-,16-,18-,19+,20+,21+,22-,23+,24-/m0/s1. The van der Waals surface area contributed by atoms with E-state index < -0.39 is 11.0 Å². The molecule has 168 valence electrons. The molecule has 0 radical (unpaired) electrons. The average molecular weight is 421 g/mol. The van der Waals surface area contributed by atoms with Gasteiger partial charge in [-0.2, -0.15) is 0 Å². The lowest BCUT2D eigenvalue weighted by Gasteiger charge is -2.60. The predicted octanol–water partition coefficient (Wildman–Crippen LogP) is 3.29. The van der Waals surface area contributed by atoms with Gasteiger partial charge in [0.05, 0.1) is 12.2 Å². The van der Waals surface area contributed by atoms with E-state index in [9.17, 15) is 19.5 Å². The first kappa shape index (κ1) is 21.8. The van der Waals surface area contributed by atoms with Crippen molar-refractivity contribution in [1.82, 2.24) is 0 Å². The molecule has 4 aliphatic carbocycles. The zero-order valence-corrected chi connectivity index (χ0v) is 19.1. The molecule has 1 N–H and O–H groups in total. The highest BCUT2D eigenvalue weighted by atomic mass is 16.5. The number of esters is 2. The molecule has 4 aliphatic rings. The molecule has 0 spiro atoms. The van der Waals surface area contributed by atoms with E-state index in [4.69, 9.17) is 9.47 Å². The van der Waals surface area contributed by atoms with Crippen LogP contribution in [0.25, 0.3) is 0 Å². The van der Waals surface area contributed by atoms with Crippen molar-refractivity contribution in [3.05, 3.63) is 0 Å². The van der Waals surface area contributed by atoms with E-state index in [0.717, 1.165) is 12.8 Å². The van der Waals surface area contributed by atoms with Crippen LogP contribution in [0.2, 0.25) is 0 Å². The summed E-state index contributed by atoms with van der Waals surface area (Å²) in [6.07, 6.45) is 3.04. The lowest BCUT2D eigenvalue weighted by Crippen LogP contribution is -2.63. The van der Waals surface area contributed by atoms with E-state index >= 15 is 0 Å². The van der Waals surface area contributed by atoms with Crippen LogP contribution >= 0.6 is 0 Å². The van der Waals surface area contributed by atoms with Crippen LogP contribution < -0.4 is 0 Å². The van der Waals surface area contributed by atoms with Crippen molar-refractivity contribution in [2.75, 3.05) is 6.61 Å². The summed E-state index contributed by atoms with van der Waals surface area (Å²) in [7, 11) is 0. The van der Waals surface area contributed by atoms with Crippen LogP contribution in [0.5, 0.6) is 0 Å². The summed E-state index contributed by atoms with van der Waals surface area (Å²) < 4.78 is 11.1. The van der Waals surface area contributed by atoms with Crippen molar-refractivity contribution >= 4 is 17.7 Å². The van der Waals surface area contributed by atoms with Crippen molar-refractivity contribution in [2.24, 2.45) is 39.9 Å². The van der Waals surface area contributed by atoms with Crippen molar-refractivity contribution in [3.8, 4) is 0 Å². The van der Waals surface area contributed by atoms with Crippen LogP contribution in [0.15, 0.2) is 0 Å². The second-order valence-electron chi connectivity index (χ2n) is 11.5. The number of rotatable bonds is 4. The van der Waals surface area contributed by atoms with Crippen LogP contribution in [-0.4, -0.2) is 41.1 Å².